The molecule has 1 heterocycles. The van der Waals surface area contributed by atoms with Crippen molar-refractivity contribution in [2.45, 2.75) is 26.3 Å². The maximum atomic E-state index is 12.6. The fourth-order valence-electron chi connectivity index (χ4n) is 2.73. The van der Waals surface area contributed by atoms with Crippen molar-refractivity contribution in [1.29, 1.82) is 0 Å². The number of imide groups is 1. The van der Waals surface area contributed by atoms with Gasteiger partial charge in [0.15, 0.2) is 0 Å². The van der Waals surface area contributed by atoms with E-state index in [1.807, 2.05) is 24.3 Å². The van der Waals surface area contributed by atoms with Crippen LogP contribution in [0.4, 0.5) is 5.69 Å². The highest BCUT2D eigenvalue weighted by atomic mass is 127. The SMILES string of the molecule is CC(C)(C)N1C(=O)c2ccc(C(=O)Nc3ccc(I)cc3)cc2C1=O. The van der Waals surface area contributed by atoms with Gasteiger partial charge >= 0.3 is 0 Å². The number of rotatable bonds is 2. The number of nitrogens with zero attached hydrogens (tertiary/aromatic N) is 1. The molecule has 1 aliphatic rings. The Kier molecular flexibility index (Phi) is 4.40. The van der Waals surface area contributed by atoms with Gasteiger partial charge in [0.05, 0.1) is 11.1 Å². The van der Waals surface area contributed by atoms with E-state index < -0.39 is 5.54 Å². The fourth-order valence-corrected chi connectivity index (χ4v) is 3.09. The van der Waals surface area contributed by atoms with Gasteiger partial charge in [-0.3, -0.25) is 19.3 Å². The number of fused-ring (bicyclic) bond motifs is 1. The number of nitrogens with one attached hydrogen (secondary N) is 1. The monoisotopic (exact) mass is 448 g/mol. The smallest absolute Gasteiger partial charge is 0.262 e. The normalized spacial score (nSPS) is 13.8. The topological polar surface area (TPSA) is 66.5 Å². The highest BCUT2D eigenvalue weighted by Crippen LogP contribution is 2.30. The van der Waals surface area contributed by atoms with E-state index in [4.69, 9.17) is 0 Å². The molecule has 0 aromatic heterocycles. The van der Waals surface area contributed by atoms with Gasteiger partial charge in [0.1, 0.15) is 0 Å². The molecule has 2 aromatic rings. The lowest BCUT2D eigenvalue weighted by atomic mass is 10.1. The van der Waals surface area contributed by atoms with E-state index in [1.54, 1.807) is 32.9 Å². The largest absolute Gasteiger partial charge is 0.322 e. The van der Waals surface area contributed by atoms with E-state index in [2.05, 4.69) is 27.9 Å². The number of amides is 3. The molecule has 128 valence electrons. The molecule has 0 atom stereocenters. The van der Waals surface area contributed by atoms with Crippen LogP contribution in [-0.4, -0.2) is 28.2 Å². The van der Waals surface area contributed by atoms with E-state index in [0.29, 0.717) is 16.8 Å². The molecule has 0 spiro atoms. The van der Waals surface area contributed by atoms with E-state index in [1.165, 1.54) is 11.0 Å². The summed E-state index contributed by atoms with van der Waals surface area (Å²) in [5.74, 6) is -1.01. The first-order valence-electron chi connectivity index (χ1n) is 7.78. The number of anilines is 1. The first-order chi connectivity index (χ1) is 11.7. The second kappa shape index (κ2) is 6.25. The number of carbonyl (C=O) groups is 3. The van der Waals surface area contributed by atoms with Gasteiger partial charge in [0, 0.05) is 20.4 Å². The van der Waals surface area contributed by atoms with E-state index in [-0.39, 0.29) is 23.3 Å². The fraction of sp³-hybridized carbons (Fsp3) is 0.211. The molecular weight excluding hydrogens is 431 g/mol. The van der Waals surface area contributed by atoms with Crippen LogP contribution in [0.2, 0.25) is 0 Å². The van der Waals surface area contributed by atoms with Crippen LogP contribution in [0.5, 0.6) is 0 Å². The van der Waals surface area contributed by atoms with Gasteiger partial charge in [-0.1, -0.05) is 0 Å². The van der Waals surface area contributed by atoms with Crippen LogP contribution in [0.25, 0.3) is 0 Å². The minimum absolute atomic E-state index is 0.273. The molecule has 25 heavy (non-hydrogen) atoms. The highest BCUT2D eigenvalue weighted by Gasteiger charge is 2.42. The molecule has 2 aromatic carbocycles. The summed E-state index contributed by atoms with van der Waals surface area (Å²) >= 11 is 2.19. The molecule has 3 rings (SSSR count). The Hall–Kier alpha value is -2.22. The maximum absolute atomic E-state index is 12.6. The number of hydrogen-bond donors (Lipinski definition) is 1. The standard InChI is InChI=1S/C19H17IN2O3/c1-19(2,3)22-17(24)14-9-4-11(10-15(14)18(22)25)16(23)21-13-7-5-12(20)6-8-13/h4-10H,1-3H3,(H,21,23). The van der Waals surface area contributed by atoms with Crippen molar-refractivity contribution in [2.24, 2.45) is 0 Å². The van der Waals surface area contributed by atoms with Crippen LogP contribution >= 0.6 is 22.6 Å². The summed E-state index contributed by atoms with van der Waals surface area (Å²) in [4.78, 5) is 38.7. The lowest BCUT2D eigenvalue weighted by Gasteiger charge is -2.29. The molecule has 0 bridgehead atoms. The molecule has 3 amide bonds. The van der Waals surface area contributed by atoms with E-state index in [0.717, 1.165) is 3.57 Å². The molecule has 1 aliphatic heterocycles. The lowest BCUT2D eigenvalue weighted by Crippen LogP contribution is -2.45. The van der Waals surface area contributed by atoms with Gasteiger partial charge in [-0.2, -0.15) is 0 Å². The van der Waals surface area contributed by atoms with Crippen molar-refractivity contribution in [3.8, 4) is 0 Å². The van der Waals surface area contributed by atoms with E-state index in [9.17, 15) is 14.4 Å². The molecule has 0 aliphatic carbocycles. The zero-order valence-corrected chi connectivity index (χ0v) is 16.2. The number of halogens is 1. The Morgan fingerprint density at radius 2 is 1.56 bits per heavy atom. The van der Waals surface area contributed by atoms with Crippen LogP contribution in [0.1, 0.15) is 51.8 Å². The molecule has 5 nitrogen and oxygen atoms in total. The maximum Gasteiger partial charge on any atom is 0.262 e. The molecule has 0 saturated heterocycles. The van der Waals surface area contributed by atoms with Crippen LogP contribution in [0, 0.1) is 3.57 Å². The van der Waals surface area contributed by atoms with Gasteiger partial charge in [0.25, 0.3) is 17.7 Å². The lowest BCUT2D eigenvalue weighted by molar-refractivity contribution is 0.0507. The minimum atomic E-state index is -0.614. The van der Waals surface area contributed by atoms with Crippen molar-refractivity contribution in [3.63, 3.8) is 0 Å². The van der Waals surface area contributed by atoms with E-state index >= 15 is 0 Å². The second-order valence-electron chi connectivity index (χ2n) is 6.84. The minimum Gasteiger partial charge on any atom is -0.322 e. The third-order valence-corrected chi connectivity index (χ3v) is 4.64. The zero-order chi connectivity index (χ0) is 18.4. The summed E-state index contributed by atoms with van der Waals surface area (Å²) in [6.45, 7) is 5.41. The van der Waals surface area contributed by atoms with Crippen molar-refractivity contribution in [1.82, 2.24) is 4.90 Å². The third kappa shape index (κ3) is 3.30. The molecule has 0 saturated carbocycles. The van der Waals surface area contributed by atoms with Gasteiger partial charge in [-0.15, -0.1) is 0 Å². The first kappa shape index (κ1) is 17.6. The predicted molar refractivity (Wildman–Crippen MR) is 104 cm³/mol. The Bertz CT molecular complexity index is 883. The summed E-state index contributed by atoms with van der Waals surface area (Å²) in [5, 5.41) is 2.79. The molecule has 6 heteroatoms. The summed E-state index contributed by atoms with van der Waals surface area (Å²) in [5.41, 5.74) is 1.01. The third-order valence-electron chi connectivity index (χ3n) is 3.92. The number of benzene rings is 2. The molecule has 0 fully saturated rings. The van der Waals surface area contributed by atoms with Crippen LogP contribution in [0.3, 0.4) is 0 Å². The molecule has 0 radical (unpaired) electrons. The molecule has 0 unspecified atom stereocenters. The second-order valence-corrected chi connectivity index (χ2v) is 8.08. The quantitative estimate of drug-likeness (QED) is 0.559. The average molecular weight is 448 g/mol. The number of carbonyl (C=O) groups excluding carboxylic acids is 3. The Morgan fingerprint density at radius 1 is 0.960 bits per heavy atom. The summed E-state index contributed by atoms with van der Waals surface area (Å²) in [6.07, 6.45) is 0. The molecule has 1 N–H and O–H groups in total. The summed E-state index contributed by atoms with van der Waals surface area (Å²) in [7, 11) is 0. The van der Waals surface area contributed by atoms with Crippen LogP contribution in [0.15, 0.2) is 42.5 Å². The highest BCUT2D eigenvalue weighted by molar-refractivity contribution is 14.1. The van der Waals surface area contributed by atoms with Crippen LogP contribution in [-0.2, 0) is 0 Å². The van der Waals surface area contributed by atoms with Crippen molar-refractivity contribution in [3.05, 3.63) is 62.7 Å². The zero-order valence-electron chi connectivity index (χ0n) is 14.1. The predicted octanol–water partition coefficient (Wildman–Crippen LogP) is 3.94. The van der Waals surface area contributed by atoms with Gasteiger partial charge < -0.3 is 5.32 Å². The summed E-state index contributed by atoms with van der Waals surface area (Å²) < 4.78 is 1.07. The van der Waals surface area contributed by atoms with Crippen molar-refractivity contribution < 1.29 is 14.4 Å². The summed E-state index contributed by atoms with van der Waals surface area (Å²) in [6, 6.07) is 12.0. The van der Waals surface area contributed by atoms with Gasteiger partial charge in [0.2, 0.25) is 0 Å². The van der Waals surface area contributed by atoms with Crippen LogP contribution < -0.4 is 5.32 Å². The van der Waals surface area contributed by atoms with Gasteiger partial charge in [-0.05, 0) is 85.8 Å². The number of hydrogen-bond acceptors (Lipinski definition) is 3. The van der Waals surface area contributed by atoms with Gasteiger partial charge in [-0.25, -0.2) is 0 Å². The van der Waals surface area contributed by atoms with Crippen molar-refractivity contribution in [2.75, 3.05) is 5.32 Å². The van der Waals surface area contributed by atoms with Crippen molar-refractivity contribution >= 4 is 46.0 Å². The Balaban J connectivity index is 1.89. The molecular formula is C19H17IN2O3. The average Bonchev–Trinajstić information content (AvgIpc) is 2.80. The Morgan fingerprint density at radius 3 is 2.16 bits per heavy atom. The Labute approximate surface area is 159 Å². The first-order valence-corrected chi connectivity index (χ1v) is 8.86.